The zero-order valence-corrected chi connectivity index (χ0v) is 11.9. The van der Waals surface area contributed by atoms with Gasteiger partial charge < -0.3 is 15.5 Å². The molecule has 114 valence electrons. The van der Waals surface area contributed by atoms with Crippen LogP contribution in [-0.2, 0) is 11.4 Å². The van der Waals surface area contributed by atoms with Crippen molar-refractivity contribution < 1.29 is 19.8 Å². The van der Waals surface area contributed by atoms with Crippen LogP contribution >= 0.6 is 0 Å². The Bertz CT molecular complexity index is 490. The van der Waals surface area contributed by atoms with Gasteiger partial charge in [0.2, 0.25) is 0 Å². The van der Waals surface area contributed by atoms with Crippen molar-refractivity contribution in [2.24, 2.45) is 11.8 Å². The third kappa shape index (κ3) is 4.29. The molecule has 0 spiro atoms. The molecule has 1 aliphatic rings. The molecule has 1 aromatic carbocycles. The van der Waals surface area contributed by atoms with Crippen molar-refractivity contribution >= 4 is 11.9 Å². The number of hydrogen-bond acceptors (Lipinski definition) is 3. The maximum atomic E-state index is 12.0. The van der Waals surface area contributed by atoms with E-state index in [1.807, 2.05) is 0 Å². The van der Waals surface area contributed by atoms with Crippen LogP contribution < -0.4 is 5.32 Å². The fourth-order valence-corrected chi connectivity index (χ4v) is 2.71. The van der Waals surface area contributed by atoms with Crippen molar-refractivity contribution in [3.63, 3.8) is 0 Å². The third-order valence-corrected chi connectivity index (χ3v) is 4.15. The van der Waals surface area contributed by atoms with Crippen LogP contribution in [0.15, 0.2) is 24.3 Å². The minimum atomic E-state index is -0.707. The summed E-state index contributed by atoms with van der Waals surface area (Å²) >= 11 is 0. The molecule has 1 aromatic rings. The Balaban J connectivity index is 1.77. The van der Waals surface area contributed by atoms with Crippen molar-refractivity contribution in [1.82, 2.24) is 5.32 Å². The van der Waals surface area contributed by atoms with Crippen LogP contribution in [0.25, 0.3) is 0 Å². The lowest BCUT2D eigenvalue weighted by atomic mass is 9.82. The van der Waals surface area contributed by atoms with Gasteiger partial charge in [0.25, 0.3) is 5.91 Å². The third-order valence-electron chi connectivity index (χ3n) is 4.15. The minimum absolute atomic E-state index is 0.0330. The van der Waals surface area contributed by atoms with Crippen LogP contribution in [0.1, 0.15) is 41.6 Å². The average molecular weight is 291 g/mol. The van der Waals surface area contributed by atoms with Gasteiger partial charge in [-0.05, 0) is 49.3 Å². The number of aliphatic carboxylic acids is 1. The van der Waals surface area contributed by atoms with Gasteiger partial charge in [-0.2, -0.15) is 0 Å². The molecule has 1 saturated carbocycles. The molecule has 1 aliphatic carbocycles. The quantitative estimate of drug-likeness (QED) is 0.772. The van der Waals surface area contributed by atoms with Crippen LogP contribution in [0.3, 0.4) is 0 Å². The van der Waals surface area contributed by atoms with E-state index < -0.39 is 5.97 Å². The van der Waals surface area contributed by atoms with E-state index in [1.165, 1.54) is 0 Å². The number of nitrogens with one attached hydrogen (secondary N) is 1. The second kappa shape index (κ2) is 7.22. The first-order valence-electron chi connectivity index (χ1n) is 7.31. The number of carbonyl (C=O) groups is 2. The number of carboxylic acid groups (broad SMARTS) is 1. The lowest BCUT2D eigenvalue weighted by Crippen LogP contribution is -2.32. The average Bonchev–Trinajstić information content (AvgIpc) is 2.53. The van der Waals surface area contributed by atoms with Gasteiger partial charge in [0.05, 0.1) is 12.5 Å². The first kappa shape index (κ1) is 15.5. The van der Waals surface area contributed by atoms with E-state index in [2.05, 4.69) is 5.32 Å². The van der Waals surface area contributed by atoms with E-state index in [-0.39, 0.29) is 18.4 Å². The number of amides is 1. The predicted octanol–water partition coefficient (Wildman–Crippen LogP) is 1.80. The normalized spacial score (nSPS) is 21.8. The zero-order valence-electron chi connectivity index (χ0n) is 11.9. The summed E-state index contributed by atoms with van der Waals surface area (Å²) in [5, 5.41) is 20.8. The largest absolute Gasteiger partial charge is 0.481 e. The second-order valence-corrected chi connectivity index (χ2v) is 5.62. The fourth-order valence-electron chi connectivity index (χ4n) is 2.71. The Hall–Kier alpha value is -1.88. The van der Waals surface area contributed by atoms with E-state index in [0.717, 1.165) is 18.4 Å². The van der Waals surface area contributed by atoms with Gasteiger partial charge in [-0.1, -0.05) is 12.1 Å². The smallest absolute Gasteiger partial charge is 0.306 e. The zero-order chi connectivity index (χ0) is 15.2. The van der Waals surface area contributed by atoms with Gasteiger partial charge in [0.1, 0.15) is 0 Å². The van der Waals surface area contributed by atoms with Gasteiger partial charge in [0, 0.05) is 12.1 Å². The molecule has 5 heteroatoms. The monoisotopic (exact) mass is 291 g/mol. The first-order valence-corrected chi connectivity index (χ1v) is 7.31. The summed E-state index contributed by atoms with van der Waals surface area (Å²) in [6, 6.07) is 6.85. The molecule has 0 aliphatic heterocycles. The number of aliphatic hydroxyl groups is 1. The molecule has 0 radical (unpaired) electrons. The van der Waals surface area contributed by atoms with Gasteiger partial charge in [-0.25, -0.2) is 0 Å². The van der Waals surface area contributed by atoms with Gasteiger partial charge >= 0.3 is 5.97 Å². The maximum absolute atomic E-state index is 12.0. The minimum Gasteiger partial charge on any atom is -0.481 e. The molecule has 0 atom stereocenters. The van der Waals surface area contributed by atoms with Gasteiger partial charge in [-0.3, -0.25) is 9.59 Å². The highest BCUT2D eigenvalue weighted by molar-refractivity contribution is 5.94. The lowest BCUT2D eigenvalue weighted by Gasteiger charge is -2.26. The standard InChI is InChI=1S/C16H21NO4/c18-10-12-3-5-13(6-4-12)15(19)17-9-11-1-7-14(8-2-11)16(20)21/h3-6,11,14,18H,1-2,7-10H2,(H,17,19)(H,20,21). The predicted molar refractivity (Wildman–Crippen MR) is 77.8 cm³/mol. The second-order valence-electron chi connectivity index (χ2n) is 5.62. The van der Waals surface area contributed by atoms with Crippen LogP contribution in [-0.4, -0.2) is 28.6 Å². The van der Waals surface area contributed by atoms with Crippen molar-refractivity contribution in [3.05, 3.63) is 35.4 Å². The van der Waals surface area contributed by atoms with Crippen molar-refractivity contribution in [2.75, 3.05) is 6.54 Å². The molecule has 1 amide bonds. The van der Waals surface area contributed by atoms with Crippen LogP contribution in [0, 0.1) is 11.8 Å². The van der Waals surface area contributed by atoms with Crippen LogP contribution in [0.5, 0.6) is 0 Å². The highest BCUT2D eigenvalue weighted by Crippen LogP contribution is 2.28. The first-order chi connectivity index (χ1) is 10.1. The molecule has 1 fully saturated rings. The number of aliphatic hydroxyl groups excluding tert-OH is 1. The van der Waals surface area contributed by atoms with E-state index in [0.29, 0.717) is 30.9 Å². The highest BCUT2D eigenvalue weighted by Gasteiger charge is 2.25. The molecule has 2 rings (SSSR count). The number of hydrogen-bond donors (Lipinski definition) is 3. The van der Waals surface area contributed by atoms with Crippen LogP contribution in [0.4, 0.5) is 0 Å². The summed E-state index contributed by atoms with van der Waals surface area (Å²) in [6.45, 7) is 0.557. The van der Waals surface area contributed by atoms with E-state index in [4.69, 9.17) is 10.2 Å². The summed E-state index contributed by atoms with van der Waals surface area (Å²) in [4.78, 5) is 22.9. The molecule has 5 nitrogen and oxygen atoms in total. The summed E-state index contributed by atoms with van der Waals surface area (Å²) in [5.41, 5.74) is 1.35. The molecule has 21 heavy (non-hydrogen) atoms. The van der Waals surface area contributed by atoms with Crippen molar-refractivity contribution in [2.45, 2.75) is 32.3 Å². The Labute approximate surface area is 124 Å². The van der Waals surface area contributed by atoms with Crippen molar-refractivity contribution in [3.8, 4) is 0 Å². The number of rotatable bonds is 5. The number of carbonyl (C=O) groups excluding carboxylic acids is 1. The Morgan fingerprint density at radius 3 is 2.24 bits per heavy atom. The van der Waals surface area contributed by atoms with E-state index >= 15 is 0 Å². The molecule has 0 unspecified atom stereocenters. The molecular weight excluding hydrogens is 270 g/mol. The summed E-state index contributed by atoms with van der Waals surface area (Å²) in [7, 11) is 0. The Morgan fingerprint density at radius 2 is 1.71 bits per heavy atom. The summed E-state index contributed by atoms with van der Waals surface area (Å²) in [6.07, 6.45) is 3.09. The topological polar surface area (TPSA) is 86.6 Å². The highest BCUT2D eigenvalue weighted by atomic mass is 16.4. The van der Waals surface area contributed by atoms with Gasteiger partial charge in [-0.15, -0.1) is 0 Å². The van der Waals surface area contributed by atoms with Crippen molar-refractivity contribution in [1.29, 1.82) is 0 Å². The molecule has 3 N–H and O–H groups in total. The molecular formula is C16H21NO4. The molecule has 0 saturated heterocycles. The van der Waals surface area contributed by atoms with Crippen LogP contribution in [0.2, 0.25) is 0 Å². The van der Waals surface area contributed by atoms with E-state index in [9.17, 15) is 9.59 Å². The Kier molecular flexibility index (Phi) is 5.33. The summed E-state index contributed by atoms with van der Waals surface area (Å²) < 4.78 is 0. The number of benzene rings is 1. The summed E-state index contributed by atoms with van der Waals surface area (Å²) in [5.74, 6) is -0.689. The molecule has 0 aromatic heterocycles. The maximum Gasteiger partial charge on any atom is 0.306 e. The lowest BCUT2D eigenvalue weighted by molar-refractivity contribution is -0.143. The molecule has 0 heterocycles. The molecule has 0 bridgehead atoms. The fraction of sp³-hybridized carbons (Fsp3) is 0.500. The Morgan fingerprint density at radius 1 is 1.10 bits per heavy atom. The number of carboxylic acids is 1. The SMILES string of the molecule is O=C(NCC1CCC(C(=O)O)CC1)c1ccc(CO)cc1. The van der Waals surface area contributed by atoms with Gasteiger partial charge in [0.15, 0.2) is 0 Å². The van der Waals surface area contributed by atoms with E-state index in [1.54, 1.807) is 24.3 Å².